The van der Waals surface area contributed by atoms with Crippen LogP contribution in [0.5, 0.6) is 0 Å². The van der Waals surface area contributed by atoms with Crippen LogP contribution in [0.15, 0.2) is 42.5 Å². The molecule has 0 aromatic heterocycles. The van der Waals surface area contributed by atoms with E-state index in [0.717, 1.165) is 10.8 Å². The van der Waals surface area contributed by atoms with E-state index in [2.05, 4.69) is 25.0 Å². The number of ether oxygens (including phenoxy) is 1. The number of methoxy groups -OCH3 is 1. The van der Waals surface area contributed by atoms with E-state index in [1.807, 2.05) is 12.1 Å². The second-order valence-corrected chi connectivity index (χ2v) is 14.1. The van der Waals surface area contributed by atoms with Crippen molar-refractivity contribution in [2.75, 3.05) is 7.11 Å². The number of carbonyl (C=O) groups is 3. The molecule has 1 N–H and O–H groups in total. The molecule has 0 heterocycles. The fourth-order valence-electron chi connectivity index (χ4n) is 3.43. The molecule has 5 nitrogen and oxygen atoms in total. The summed E-state index contributed by atoms with van der Waals surface area (Å²) in [6.07, 6.45) is 0.115. The topological polar surface area (TPSA) is 72.5 Å². The summed E-state index contributed by atoms with van der Waals surface area (Å²) in [5.41, 5.74) is 2.13. The van der Waals surface area contributed by atoms with Crippen LogP contribution in [0.1, 0.15) is 42.5 Å². The third-order valence-corrected chi connectivity index (χ3v) is 7.20. The van der Waals surface area contributed by atoms with Crippen LogP contribution >= 0.6 is 0 Å². The first-order valence-electron chi connectivity index (χ1n) is 10.7. The Labute approximate surface area is 190 Å². The predicted molar refractivity (Wildman–Crippen MR) is 126 cm³/mol. The zero-order valence-corrected chi connectivity index (χ0v) is 20.5. The zero-order chi connectivity index (χ0) is 23.9. The van der Waals surface area contributed by atoms with E-state index in [1.165, 1.54) is 13.0 Å². The van der Waals surface area contributed by atoms with Crippen molar-refractivity contribution >= 4 is 30.7 Å². The Bertz CT molecular complexity index is 967. The molecule has 172 valence electrons. The predicted octanol–water partition coefficient (Wildman–Crippen LogP) is 3.86. The molecular formula is C25H32FNO4Si. The molecule has 2 aromatic rings. The SMILES string of the molecule is COCc1ccc([C@@H](NC(=O)CCC(C)=O)C(=O)Cc2ccc([Si](C)(C)C)c(F)c2)cc1. The maximum atomic E-state index is 14.6. The minimum absolute atomic E-state index is 0.0135. The Morgan fingerprint density at radius 3 is 2.16 bits per heavy atom. The summed E-state index contributed by atoms with van der Waals surface area (Å²) >= 11 is 0. The molecule has 2 rings (SSSR count). The van der Waals surface area contributed by atoms with Crippen LogP contribution in [-0.2, 0) is 32.1 Å². The van der Waals surface area contributed by atoms with E-state index in [9.17, 15) is 18.8 Å². The Morgan fingerprint density at radius 1 is 1.00 bits per heavy atom. The highest BCUT2D eigenvalue weighted by Crippen LogP contribution is 2.19. The summed E-state index contributed by atoms with van der Waals surface area (Å²) in [4.78, 5) is 36.8. The molecule has 0 aliphatic carbocycles. The van der Waals surface area contributed by atoms with Crippen LogP contribution in [0.25, 0.3) is 0 Å². The first-order valence-corrected chi connectivity index (χ1v) is 14.2. The van der Waals surface area contributed by atoms with Crippen molar-refractivity contribution in [3.63, 3.8) is 0 Å². The second kappa shape index (κ2) is 11.3. The van der Waals surface area contributed by atoms with Crippen LogP contribution in [0, 0.1) is 5.82 Å². The highest BCUT2D eigenvalue weighted by molar-refractivity contribution is 6.88. The average molecular weight is 458 g/mol. The maximum Gasteiger partial charge on any atom is 0.221 e. The van der Waals surface area contributed by atoms with E-state index in [-0.39, 0.29) is 42.6 Å². The number of carbonyl (C=O) groups excluding carboxylic acids is 3. The van der Waals surface area contributed by atoms with Gasteiger partial charge in [-0.25, -0.2) is 4.39 Å². The molecule has 1 atom stereocenters. The Kier molecular flexibility index (Phi) is 9.04. The lowest BCUT2D eigenvalue weighted by atomic mass is 9.96. The lowest BCUT2D eigenvalue weighted by Crippen LogP contribution is -2.40. The van der Waals surface area contributed by atoms with Crippen molar-refractivity contribution in [2.45, 2.75) is 58.5 Å². The van der Waals surface area contributed by atoms with Crippen molar-refractivity contribution in [2.24, 2.45) is 0 Å². The van der Waals surface area contributed by atoms with Crippen LogP contribution in [-0.4, -0.2) is 32.7 Å². The van der Waals surface area contributed by atoms with Crippen molar-refractivity contribution in [1.29, 1.82) is 0 Å². The van der Waals surface area contributed by atoms with E-state index in [0.29, 0.717) is 17.7 Å². The Morgan fingerprint density at radius 2 is 1.62 bits per heavy atom. The van der Waals surface area contributed by atoms with Crippen LogP contribution in [0.4, 0.5) is 4.39 Å². The molecule has 0 aliphatic rings. The fourth-order valence-corrected chi connectivity index (χ4v) is 4.80. The molecule has 0 radical (unpaired) electrons. The summed E-state index contributed by atoms with van der Waals surface area (Å²) < 4.78 is 19.8. The molecule has 0 fully saturated rings. The summed E-state index contributed by atoms with van der Waals surface area (Å²) in [6, 6.07) is 11.3. The molecule has 0 unspecified atom stereocenters. The van der Waals surface area contributed by atoms with E-state index in [1.54, 1.807) is 31.4 Å². The van der Waals surface area contributed by atoms with Gasteiger partial charge in [-0.05, 0) is 34.9 Å². The molecule has 1 amide bonds. The molecule has 0 spiro atoms. The smallest absolute Gasteiger partial charge is 0.221 e. The van der Waals surface area contributed by atoms with Gasteiger partial charge in [0.25, 0.3) is 0 Å². The van der Waals surface area contributed by atoms with Gasteiger partial charge in [0.1, 0.15) is 17.6 Å². The van der Waals surface area contributed by atoms with E-state index >= 15 is 0 Å². The fraction of sp³-hybridized carbons (Fsp3) is 0.400. The molecule has 0 saturated carbocycles. The molecular weight excluding hydrogens is 425 g/mol. The Hall–Kier alpha value is -2.64. The summed E-state index contributed by atoms with van der Waals surface area (Å²) in [7, 11) is -0.223. The van der Waals surface area contributed by atoms with Crippen molar-refractivity contribution in [3.8, 4) is 0 Å². The minimum atomic E-state index is -1.82. The van der Waals surface area contributed by atoms with Gasteiger partial charge in [-0.15, -0.1) is 0 Å². The number of nitrogens with one attached hydrogen (secondary N) is 1. The second-order valence-electron chi connectivity index (χ2n) is 9.08. The zero-order valence-electron chi connectivity index (χ0n) is 19.5. The molecule has 2 aromatic carbocycles. The number of rotatable bonds is 11. The van der Waals surface area contributed by atoms with Gasteiger partial charge < -0.3 is 14.8 Å². The van der Waals surface area contributed by atoms with Crippen molar-refractivity contribution in [1.82, 2.24) is 5.32 Å². The molecule has 32 heavy (non-hydrogen) atoms. The monoisotopic (exact) mass is 457 g/mol. The quantitative estimate of drug-likeness (QED) is 0.520. The summed E-state index contributed by atoms with van der Waals surface area (Å²) in [5, 5.41) is 3.47. The van der Waals surface area contributed by atoms with Crippen molar-refractivity contribution < 1.29 is 23.5 Å². The van der Waals surface area contributed by atoms with Gasteiger partial charge in [0.2, 0.25) is 5.91 Å². The highest BCUT2D eigenvalue weighted by Gasteiger charge is 2.25. The number of halogens is 1. The summed E-state index contributed by atoms with van der Waals surface area (Å²) in [6.45, 7) is 8.05. The van der Waals surface area contributed by atoms with E-state index in [4.69, 9.17) is 4.74 Å². The number of hydrogen-bond acceptors (Lipinski definition) is 4. The third-order valence-electron chi connectivity index (χ3n) is 5.18. The third kappa shape index (κ3) is 7.49. The number of benzene rings is 2. The highest BCUT2D eigenvalue weighted by atomic mass is 28.3. The number of Topliss-reactive ketones (excluding diaryl/α,β-unsaturated/α-hetero) is 2. The minimum Gasteiger partial charge on any atom is -0.380 e. The van der Waals surface area contributed by atoms with Gasteiger partial charge >= 0.3 is 0 Å². The standard InChI is InChI=1S/C25H32FNO4Si/c1-17(28)6-13-24(30)27-25(20-10-7-18(8-11-20)16-31-2)22(29)15-19-9-12-23(21(26)14-19)32(3,4)5/h7-12,14,25H,6,13,15-16H2,1-5H3,(H,27,30)/t25-/m1/s1. The van der Waals surface area contributed by atoms with E-state index < -0.39 is 14.1 Å². The summed E-state index contributed by atoms with van der Waals surface area (Å²) in [5.74, 6) is -1.01. The lowest BCUT2D eigenvalue weighted by molar-refractivity contribution is -0.128. The molecule has 0 bridgehead atoms. The first-order chi connectivity index (χ1) is 15.0. The maximum absolute atomic E-state index is 14.6. The van der Waals surface area contributed by atoms with Crippen LogP contribution < -0.4 is 10.5 Å². The Balaban J connectivity index is 2.25. The van der Waals surface area contributed by atoms with Crippen LogP contribution in [0.3, 0.4) is 0 Å². The number of amides is 1. The molecule has 0 saturated heterocycles. The van der Waals surface area contributed by atoms with Gasteiger partial charge in [-0.3, -0.25) is 9.59 Å². The van der Waals surface area contributed by atoms with Gasteiger partial charge in [0, 0.05) is 26.4 Å². The van der Waals surface area contributed by atoms with Gasteiger partial charge in [-0.1, -0.05) is 56.0 Å². The molecule has 7 heteroatoms. The number of ketones is 2. The first kappa shape index (κ1) is 25.6. The average Bonchev–Trinajstić information content (AvgIpc) is 2.70. The normalized spacial score (nSPS) is 12.3. The van der Waals surface area contributed by atoms with Crippen molar-refractivity contribution in [3.05, 3.63) is 65.0 Å². The molecule has 0 aliphatic heterocycles. The lowest BCUT2D eigenvalue weighted by Gasteiger charge is -2.20. The van der Waals surface area contributed by atoms with Gasteiger partial charge in [0.15, 0.2) is 5.78 Å². The van der Waals surface area contributed by atoms with Gasteiger partial charge in [-0.2, -0.15) is 0 Å². The number of hydrogen-bond donors (Lipinski definition) is 1. The largest absolute Gasteiger partial charge is 0.380 e. The van der Waals surface area contributed by atoms with Gasteiger partial charge in [0.05, 0.1) is 14.7 Å². The van der Waals surface area contributed by atoms with Crippen LogP contribution in [0.2, 0.25) is 19.6 Å².